The van der Waals surface area contributed by atoms with Crippen molar-refractivity contribution in [3.8, 4) is 0 Å². The van der Waals surface area contributed by atoms with Gasteiger partial charge in [0, 0.05) is 16.9 Å². The first-order valence-electron chi connectivity index (χ1n) is 8.87. The van der Waals surface area contributed by atoms with Gasteiger partial charge in [-0.2, -0.15) is 0 Å². The average Bonchev–Trinajstić information content (AvgIpc) is 2.60. The Labute approximate surface area is 164 Å². The van der Waals surface area contributed by atoms with Crippen LogP contribution in [0, 0.1) is 6.92 Å². The Hall–Kier alpha value is -3.35. The molecule has 0 aliphatic heterocycles. The second-order valence-electron chi connectivity index (χ2n) is 7.30. The number of amides is 3. The molecule has 2 aromatic rings. The minimum Gasteiger partial charge on any atom is -0.444 e. The standard InChI is InChI=1S/C21H25N3O4/c1-14-6-5-7-15(12-14)19(26)24-17-10-8-16(9-11-17)23-18(25)13-22-20(27)28-21(2,3)4/h5-12H,13H2,1-4H3,(H,22,27)(H,23,25)(H,24,26). The number of rotatable bonds is 5. The number of ether oxygens (including phenoxy) is 1. The molecule has 148 valence electrons. The van der Waals surface area contributed by atoms with Crippen molar-refractivity contribution >= 4 is 29.3 Å². The van der Waals surface area contributed by atoms with Crippen LogP contribution >= 0.6 is 0 Å². The third-order valence-electron chi connectivity index (χ3n) is 3.50. The summed E-state index contributed by atoms with van der Waals surface area (Å²) in [6.45, 7) is 6.94. The van der Waals surface area contributed by atoms with Gasteiger partial charge in [-0.25, -0.2) is 4.79 Å². The van der Waals surface area contributed by atoms with E-state index in [9.17, 15) is 14.4 Å². The fourth-order valence-electron chi connectivity index (χ4n) is 2.30. The second kappa shape index (κ2) is 9.03. The second-order valence-corrected chi connectivity index (χ2v) is 7.30. The van der Waals surface area contributed by atoms with Crippen LogP contribution in [0.15, 0.2) is 48.5 Å². The molecule has 2 rings (SSSR count). The first-order chi connectivity index (χ1) is 13.1. The minimum absolute atomic E-state index is 0.206. The van der Waals surface area contributed by atoms with E-state index in [4.69, 9.17) is 4.74 Å². The number of hydrogen-bond donors (Lipinski definition) is 3. The van der Waals surface area contributed by atoms with Crippen LogP contribution in [0.3, 0.4) is 0 Å². The van der Waals surface area contributed by atoms with Gasteiger partial charge in [0.1, 0.15) is 12.1 Å². The summed E-state index contributed by atoms with van der Waals surface area (Å²) in [5, 5.41) is 7.85. The van der Waals surface area contributed by atoms with Crippen LogP contribution in [-0.2, 0) is 9.53 Å². The summed E-state index contributed by atoms with van der Waals surface area (Å²) >= 11 is 0. The van der Waals surface area contributed by atoms with Crippen LogP contribution in [0.4, 0.5) is 16.2 Å². The van der Waals surface area contributed by atoms with E-state index in [0.717, 1.165) is 5.56 Å². The van der Waals surface area contributed by atoms with Gasteiger partial charge in [0.25, 0.3) is 5.91 Å². The van der Waals surface area contributed by atoms with E-state index in [1.54, 1.807) is 51.1 Å². The number of nitrogens with one attached hydrogen (secondary N) is 3. The number of carbonyl (C=O) groups excluding carboxylic acids is 3. The Morgan fingerprint density at radius 3 is 2.11 bits per heavy atom. The van der Waals surface area contributed by atoms with Gasteiger partial charge in [-0.05, 0) is 64.1 Å². The molecule has 7 nitrogen and oxygen atoms in total. The Morgan fingerprint density at radius 1 is 0.929 bits per heavy atom. The quantitative estimate of drug-likeness (QED) is 0.733. The van der Waals surface area contributed by atoms with Crippen molar-refractivity contribution in [3.05, 3.63) is 59.7 Å². The molecule has 0 aromatic heterocycles. The molecule has 28 heavy (non-hydrogen) atoms. The van der Waals surface area contributed by atoms with Gasteiger partial charge < -0.3 is 20.7 Å². The monoisotopic (exact) mass is 383 g/mol. The maximum absolute atomic E-state index is 12.2. The predicted molar refractivity (Wildman–Crippen MR) is 108 cm³/mol. The van der Waals surface area contributed by atoms with Crippen LogP contribution < -0.4 is 16.0 Å². The van der Waals surface area contributed by atoms with Gasteiger partial charge in [-0.1, -0.05) is 17.7 Å². The van der Waals surface area contributed by atoms with E-state index < -0.39 is 11.7 Å². The fourth-order valence-corrected chi connectivity index (χ4v) is 2.30. The number of carbonyl (C=O) groups is 3. The lowest BCUT2D eigenvalue weighted by atomic mass is 10.1. The Kier molecular flexibility index (Phi) is 6.76. The van der Waals surface area contributed by atoms with Crippen LogP contribution in [-0.4, -0.2) is 30.1 Å². The number of aryl methyl sites for hydroxylation is 1. The molecule has 0 heterocycles. The molecule has 0 spiro atoms. The van der Waals surface area contributed by atoms with Crippen molar-refractivity contribution in [3.63, 3.8) is 0 Å². The normalized spacial score (nSPS) is 10.7. The Morgan fingerprint density at radius 2 is 1.54 bits per heavy atom. The topological polar surface area (TPSA) is 96.5 Å². The third kappa shape index (κ3) is 7.11. The van der Waals surface area contributed by atoms with Crippen molar-refractivity contribution in [1.29, 1.82) is 0 Å². The molecule has 0 saturated heterocycles. The molecule has 3 amide bonds. The van der Waals surface area contributed by atoms with Gasteiger partial charge in [0.2, 0.25) is 5.91 Å². The molecular formula is C21H25N3O4. The molecule has 0 fully saturated rings. The van der Waals surface area contributed by atoms with Crippen molar-refractivity contribution in [1.82, 2.24) is 5.32 Å². The fraction of sp³-hybridized carbons (Fsp3) is 0.286. The summed E-state index contributed by atoms with van der Waals surface area (Å²) in [6, 6.07) is 14.0. The lowest BCUT2D eigenvalue weighted by molar-refractivity contribution is -0.115. The van der Waals surface area contributed by atoms with Crippen LogP contribution in [0.1, 0.15) is 36.7 Å². The maximum Gasteiger partial charge on any atom is 0.408 e. The summed E-state index contributed by atoms with van der Waals surface area (Å²) in [5.74, 6) is -0.593. The molecule has 0 saturated carbocycles. The van der Waals surface area contributed by atoms with Crippen molar-refractivity contribution in [2.45, 2.75) is 33.3 Å². The molecule has 7 heteroatoms. The number of anilines is 2. The van der Waals surface area contributed by atoms with Gasteiger partial charge >= 0.3 is 6.09 Å². The Balaban J connectivity index is 1.84. The maximum atomic E-state index is 12.2. The molecule has 0 radical (unpaired) electrons. The van der Waals surface area contributed by atoms with Crippen molar-refractivity contribution < 1.29 is 19.1 Å². The van der Waals surface area contributed by atoms with Gasteiger partial charge in [-0.3, -0.25) is 9.59 Å². The van der Waals surface area contributed by atoms with E-state index in [1.165, 1.54) is 0 Å². The summed E-state index contributed by atoms with van der Waals surface area (Å²) < 4.78 is 5.06. The van der Waals surface area contributed by atoms with E-state index in [-0.39, 0.29) is 18.4 Å². The first kappa shape index (κ1) is 21.0. The van der Waals surface area contributed by atoms with Gasteiger partial charge in [0.15, 0.2) is 0 Å². The molecule has 0 unspecified atom stereocenters. The highest BCUT2D eigenvalue weighted by atomic mass is 16.6. The molecular weight excluding hydrogens is 358 g/mol. The zero-order valence-electron chi connectivity index (χ0n) is 16.5. The largest absolute Gasteiger partial charge is 0.444 e. The zero-order chi connectivity index (χ0) is 20.7. The Bertz CT molecular complexity index is 855. The summed E-state index contributed by atoms with van der Waals surface area (Å²) in [7, 11) is 0. The predicted octanol–water partition coefficient (Wildman–Crippen LogP) is 3.71. The van der Waals surface area contributed by atoms with E-state index in [2.05, 4.69) is 16.0 Å². The highest BCUT2D eigenvalue weighted by Crippen LogP contribution is 2.15. The van der Waals surface area contributed by atoms with Gasteiger partial charge in [-0.15, -0.1) is 0 Å². The van der Waals surface area contributed by atoms with E-state index in [1.807, 2.05) is 25.1 Å². The van der Waals surface area contributed by atoms with Crippen LogP contribution in [0.25, 0.3) is 0 Å². The molecule has 2 aromatic carbocycles. The molecule has 0 atom stereocenters. The molecule has 0 bridgehead atoms. The molecule has 0 aliphatic carbocycles. The van der Waals surface area contributed by atoms with E-state index in [0.29, 0.717) is 16.9 Å². The lowest BCUT2D eigenvalue weighted by Gasteiger charge is -2.19. The zero-order valence-corrected chi connectivity index (χ0v) is 16.5. The van der Waals surface area contributed by atoms with Gasteiger partial charge in [0.05, 0.1) is 0 Å². The lowest BCUT2D eigenvalue weighted by Crippen LogP contribution is -2.37. The third-order valence-corrected chi connectivity index (χ3v) is 3.50. The average molecular weight is 383 g/mol. The molecule has 3 N–H and O–H groups in total. The van der Waals surface area contributed by atoms with Crippen molar-refractivity contribution in [2.75, 3.05) is 17.2 Å². The van der Waals surface area contributed by atoms with E-state index >= 15 is 0 Å². The minimum atomic E-state index is -0.656. The van der Waals surface area contributed by atoms with Crippen LogP contribution in [0.5, 0.6) is 0 Å². The number of hydrogen-bond acceptors (Lipinski definition) is 4. The SMILES string of the molecule is Cc1cccc(C(=O)Nc2ccc(NC(=O)CNC(=O)OC(C)(C)C)cc2)c1. The highest BCUT2D eigenvalue weighted by molar-refractivity contribution is 6.04. The number of alkyl carbamates (subject to hydrolysis) is 1. The summed E-state index contributed by atoms with van der Waals surface area (Å²) in [6.07, 6.45) is -0.656. The van der Waals surface area contributed by atoms with Crippen molar-refractivity contribution in [2.24, 2.45) is 0 Å². The highest BCUT2D eigenvalue weighted by Gasteiger charge is 2.16. The molecule has 0 aliphatic rings. The summed E-state index contributed by atoms with van der Waals surface area (Å²) in [4.78, 5) is 35.7. The van der Waals surface area contributed by atoms with Crippen LogP contribution in [0.2, 0.25) is 0 Å². The summed E-state index contributed by atoms with van der Waals surface area (Å²) in [5.41, 5.74) is 2.11. The first-order valence-corrected chi connectivity index (χ1v) is 8.87. The smallest absolute Gasteiger partial charge is 0.408 e. The number of benzene rings is 2.